The summed E-state index contributed by atoms with van der Waals surface area (Å²) in [6.45, 7) is -0.151. The predicted molar refractivity (Wildman–Crippen MR) is 61.3 cm³/mol. The number of nitrogens with one attached hydrogen (secondary N) is 2. The van der Waals surface area contributed by atoms with Crippen LogP contribution in [0.5, 0.6) is 0 Å². The average molecular weight is 261 g/mol. The van der Waals surface area contributed by atoms with E-state index in [4.69, 9.17) is 5.73 Å². The van der Waals surface area contributed by atoms with Crippen LogP contribution >= 0.6 is 0 Å². The Morgan fingerprint density at radius 1 is 1.47 bits per heavy atom. The van der Waals surface area contributed by atoms with Gasteiger partial charge in [-0.15, -0.1) is 0 Å². The summed E-state index contributed by atoms with van der Waals surface area (Å²) >= 11 is 0. The molecule has 94 valence electrons. The first-order valence-electron chi connectivity index (χ1n) is 4.57. The number of sulfonamides is 1. The van der Waals surface area contributed by atoms with Crippen molar-refractivity contribution >= 4 is 21.7 Å². The van der Waals surface area contributed by atoms with Gasteiger partial charge in [0.15, 0.2) is 0 Å². The number of nitrogens with two attached hydrogens (primary N) is 1. The quantitative estimate of drug-likeness (QED) is 0.729. The summed E-state index contributed by atoms with van der Waals surface area (Å²) in [5, 5.41) is 2.21. The molecule has 0 aromatic heterocycles. The van der Waals surface area contributed by atoms with Crippen molar-refractivity contribution < 1.29 is 17.6 Å². The van der Waals surface area contributed by atoms with Crippen molar-refractivity contribution in [2.45, 2.75) is 6.54 Å². The lowest BCUT2D eigenvalue weighted by molar-refractivity contribution is 0.259. The van der Waals surface area contributed by atoms with Crippen LogP contribution in [0.2, 0.25) is 0 Å². The number of carbonyl (C=O) groups is 1. The summed E-state index contributed by atoms with van der Waals surface area (Å²) in [6.07, 6.45) is 0.980. The molecule has 0 aliphatic rings. The van der Waals surface area contributed by atoms with E-state index in [2.05, 4.69) is 10.0 Å². The smallest absolute Gasteiger partial charge is 0.316 e. The second-order valence-corrected chi connectivity index (χ2v) is 5.22. The van der Waals surface area contributed by atoms with Crippen molar-refractivity contribution in [1.82, 2.24) is 4.72 Å². The maximum atomic E-state index is 13.4. The number of anilines is 1. The van der Waals surface area contributed by atoms with Gasteiger partial charge in [-0.25, -0.2) is 22.3 Å². The third kappa shape index (κ3) is 4.79. The molecular weight excluding hydrogens is 249 g/mol. The normalized spacial score (nSPS) is 11.2. The van der Waals surface area contributed by atoms with Gasteiger partial charge in [0, 0.05) is 17.8 Å². The van der Waals surface area contributed by atoms with Crippen LogP contribution in [-0.2, 0) is 16.6 Å². The fourth-order valence-electron chi connectivity index (χ4n) is 1.12. The lowest BCUT2D eigenvalue weighted by atomic mass is 10.2. The lowest BCUT2D eigenvalue weighted by Crippen LogP contribution is -2.22. The molecule has 6 nitrogen and oxygen atoms in total. The maximum absolute atomic E-state index is 13.4. The van der Waals surface area contributed by atoms with Crippen molar-refractivity contribution in [3.05, 3.63) is 29.6 Å². The van der Waals surface area contributed by atoms with E-state index in [0.29, 0.717) is 0 Å². The van der Waals surface area contributed by atoms with Gasteiger partial charge in [0.25, 0.3) is 0 Å². The number of hydrogen-bond acceptors (Lipinski definition) is 3. The average Bonchev–Trinajstić information content (AvgIpc) is 2.13. The van der Waals surface area contributed by atoms with Crippen LogP contribution in [0.25, 0.3) is 0 Å². The van der Waals surface area contributed by atoms with Crippen LogP contribution in [-0.4, -0.2) is 20.7 Å². The van der Waals surface area contributed by atoms with Gasteiger partial charge >= 0.3 is 6.03 Å². The van der Waals surface area contributed by atoms with Gasteiger partial charge in [0.1, 0.15) is 5.82 Å². The molecule has 1 rings (SSSR count). The highest BCUT2D eigenvalue weighted by molar-refractivity contribution is 7.88. The van der Waals surface area contributed by atoms with Gasteiger partial charge < -0.3 is 11.1 Å². The molecule has 2 amide bonds. The maximum Gasteiger partial charge on any atom is 0.316 e. The second kappa shape index (κ2) is 5.11. The van der Waals surface area contributed by atoms with E-state index in [0.717, 1.165) is 12.3 Å². The number of urea groups is 1. The molecule has 0 aliphatic carbocycles. The Morgan fingerprint density at radius 3 is 2.59 bits per heavy atom. The van der Waals surface area contributed by atoms with E-state index in [1.165, 1.54) is 12.1 Å². The van der Waals surface area contributed by atoms with Crippen molar-refractivity contribution in [3.8, 4) is 0 Å². The molecule has 1 aromatic carbocycles. The first-order valence-corrected chi connectivity index (χ1v) is 6.46. The molecule has 0 saturated heterocycles. The SMILES string of the molecule is CS(=O)(=O)NCc1ccc(NC(N)=O)cc1F. The van der Waals surface area contributed by atoms with Crippen molar-refractivity contribution in [2.75, 3.05) is 11.6 Å². The second-order valence-electron chi connectivity index (χ2n) is 3.39. The lowest BCUT2D eigenvalue weighted by Gasteiger charge is -2.06. The van der Waals surface area contributed by atoms with E-state index in [-0.39, 0.29) is 17.8 Å². The van der Waals surface area contributed by atoms with Gasteiger partial charge in [-0.2, -0.15) is 0 Å². The Kier molecular flexibility index (Phi) is 4.02. The summed E-state index contributed by atoms with van der Waals surface area (Å²) in [5.41, 5.74) is 5.24. The minimum Gasteiger partial charge on any atom is -0.351 e. The molecule has 0 saturated carbocycles. The van der Waals surface area contributed by atoms with Crippen LogP contribution in [0.3, 0.4) is 0 Å². The summed E-state index contributed by atoms with van der Waals surface area (Å²) in [4.78, 5) is 10.5. The zero-order chi connectivity index (χ0) is 13.1. The number of hydrogen-bond donors (Lipinski definition) is 3. The Morgan fingerprint density at radius 2 is 2.12 bits per heavy atom. The highest BCUT2D eigenvalue weighted by Crippen LogP contribution is 2.14. The Bertz CT molecular complexity index is 530. The summed E-state index contributed by atoms with van der Waals surface area (Å²) < 4.78 is 37.3. The first-order chi connectivity index (χ1) is 7.78. The zero-order valence-electron chi connectivity index (χ0n) is 9.03. The van der Waals surface area contributed by atoms with Gasteiger partial charge in [0.2, 0.25) is 10.0 Å². The topological polar surface area (TPSA) is 101 Å². The molecule has 0 aliphatic heterocycles. The van der Waals surface area contributed by atoms with Crippen LogP contribution in [0.4, 0.5) is 14.9 Å². The number of carbonyl (C=O) groups excluding carboxylic acids is 1. The van der Waals surface area contributed by atoms with Gasteiger partial charge in [-0.05, 0) is 12.1 Å². The molecule has 17 heavy (non-hydrogen) atoms. The zero-order valence-corrected chi connectivity index (χ0v) is 9.84. The predicted octanol–water partition coefficient (Wildman–Crippen LogP) is 0.365. The Labute approximate surface area is 98.1 Å². The monoisotopic (exact) mass is 261 g/mol. The van der Waals surface area contributed by atoms with Crippen molar-refractivity contribution in [2.24, 2.45) is 5.73 Å². The van der Waals surface area contributed by atoms with Crippen LogP contribution < -0.4 is 15.8 Å². The Hall–Kier alpha value is -1.67. The number of primary amides is 1. The number of benzene rings is 1. The minimum atomic E-state index is -3.37. The van der Waals surface area contributed by atoms with Crippen LogP contribution in [0.1, 0.15) is 5.56 Å². The van der Waals surface area contributed by atoms with Gasteiger partial charge in [-0.1, -0.05) is 6.07 Å². The molecule has 4 N–H and O–H groups in total. The largest absolute Gasteiger partial charge is 0.351 e. The van der Waals surface area contributed by atoms with E-state index >= 15 is 0 Å². The van der Waals surface area contributed by atoms with Crippen LogP contribution in [0.15, 0.2) is 18.2 Å². The third-order valence-electron chi connectivity index (χ3n) is 1.85. The van der Waals surface area contributed by atoms with Gasteiger partial charge in [0.05, 0.1) is 6.26 Å². The highest BCUT2D eigenvalue weighted by atomic mass is 32.2. The fraction of sp³-hybridized carbons (Fsp3) is 0.222. The van der Waals surface area contributed by atoms with Crippen molar-refractivity contribution in [1.29, 1.82) is 0 Å². The van der Waals surface area contributed by atoms with Crippen molar-refractivity contribution in [3.63, 3.8) is 0 Å². The highest BCUT2D eigenvalue weighted by Gasteiger charge is 2.07. The van der Waals surface area contributed by atoms with Gasteiger partial charge in [-0.3, -0.25) is 0 Å². The third-order valence-corrected chi connectivity index (χ3v) is 2.51. The standard InChI is InChI=1S/C9H12FN3O3S/c1-17(15,16)12-5-6-2-3-7(4-8(6)10)13-9(11)14/h2-4,12H,5H2,1H3,(H3,11,13,14). The molecular formula is C9H12FN3O3S. The van der Waals surface area contributed by atoms with E-state index in [1.807, 2.05) is 0 Å². The molecule has 1 aromatic rings. The first kappa shape index (κ1) is 13.4. The molecule has 0 spiro atoms. The summed E-state index contributed by atoms with van der Waals surface area (Å²) in [6, 6.07) is 3.04. The number of halogens is 1. The van der Waals surface area contributed by atoms with E-state index in [1.54, 1.807) is 0 Å². The minimum absolute atomic E-state index is 0.151. The number of amides is 2. The van der Waals surface area contributed by atoms with E-state index in [9.17, 15) is 17.6 Å². The summed E-state index contributed by atoms with van der Waals surface area (Å²) in [7, 11) is -3.37. The van der Waals surface area contributed by atoms with Crippen LogP contribution in [0, 0.1) is 5.82 Å². The van der Waals surface area contributed by atoms with E-state index < -0.39 is 21.9 Å². The molecule has 0 heterocycles. The molecule has 0 radical (unpaired) electrons. The Balaban J connectivity index is 2.79. The molecule has 0 bridgehead atoms. The molecule has 0 fully saturated rings. The summed E-state index contributed by atoms with van der Waals surface area (Å²) in [5.74, 6) is -0.632. The molecule has 8 heteroatoms. The number of rotatable bonds is 4. The fourth-order valence-corrected chi connectivity index (χ4v) is 1.54. The molecule has 0 unspecified atom stereocenters. The molecule has 0 atom stereocenters.